The van der Waals surface area contributed by atoms with Crippen LogP contribution in [0.4, 0.5) is 11.4 Å². The van der Waals surface area contributed by atoms with E-state index in [1.54, 1.807) is 24.7 Å². The second kappa shape index (κ2) is 7.88. The lowest BCUT2D eigenvalue weighted by Gasteiger charge is -2.61. The predicted octanol–water partition coefficient (Wildman–Crippen LogP) is 3.01. The summed E-state index contributed by atoms with van der Waals surface area (Å²) < 4.78 is 3.38. The number of nitrogens with one attached hydrogen (secondary N) is 1. The Morgan fingerprint density at radius 2 is 1.88 bits per heavy atom. The largest absolute Gasteiger partial charge is 0.354 e. The third kappa shape index (κ3) is 3.74. The van der Waals surface area contributed by atoms with Crippen LogP contribution in [-0.2, 0) is 16.9 Å². The number of rotatable bonds is 8. The summed E-state index contributed by atoms with van der Waals surface area (Å²) in [6, 6.07) is 0. The lowest BCUT2D eigenvalue weighted by molar-refractivity contribution is -0.386. The highest BCUT2D eigenvalue weighted by molar-refractivity contribution is 5.76. The van der Waals surface area contributed by atoms with Crippen molar-refractivity contribution in [1.29, 1.82) is 0 Å². The van der Waals surface area contributed by atoms with Crippen molar-refractivity contribution in [1.82, 2.24) is 24.9 Å². The Hall–Kier alpha value is -3.31. The zero-order valence-electron chi connectivity index (χ0n) is 19.4. The van der Waals surface area contributed by atoms with Gasteiger partial charge in [-0.15, -0.1) is 0 Å². The molecule has 4 saturated carbocycles. The normalized spacial score (nSPS) is 29.4. The molecular weight excluding hydrogens is 442 g/mol. The van der Waals surface area contributed by atoms with Crippen LogP contribution in [0.15, 0.2) is 12.4 Å². The number of hydrogen-bond donors (Lipinski definition) is 1. The van der Waals surface area contributed by atoms with Crippen molar-refractivity contribution < 1.29 is 14.6 Å². The lowest BCUT2D eigenvalue weighted by Crippen LogP contribution is -2.57. The Bertz CT molecular complexity index is 1150. The van der Waals surface area contributed by atoms with E-state index in [0.29, 0.717) is 42.7 Å². The molecular formula is C22H29N7O5. The topological polar surface area (TPSA) is 151 Å². The molecule has 0 aromatic carbocycles. The van der Waals surface area contributed by atoms with E-state index in [2.05, 4.69) is 15.5 Å². The number of carbonyl (C=O) groups excluding carboxylic acids is 1. The van der Waals surface area contributed by atoms with Crippen molar-refractivity contribution in [3.05, 3.63) is 44.0 Å². The van der Waals surface area contributed by atoms with Crippen LogP contribution >= 0.6 is 0 Å². The average Bonchev–Trinajstić information content (AvgIpc) is 3.32. The van der Waals surface area contributed by atoms with E-state index in [1.165, 1.54) is 6.20 Å². The number of aryl methyl sites for hydroxylation is 1. The first kappa shape index (κ1) is 22.5. The van der Waals surface area contributed by atoms with Gasteiger partial charge in [0.15, 0.2) is 0 Å². The molecule has 0 spiro atoms. The van der Waals surface area contributed by atoms with Gasteiger partial charge >= 0.3 is 11.4 Å². The molecule has 6 rings (SSSR count). The summed E-state index contributed by atoms with van der Waals surface area (Å²) in [4.78, 5) is 34.5. The second-order valence-electron chi connectivity index (χ2n) is 10.6. The molecule has 4 fully saturated rings. The van der Waals surface area contributed by atoms with Gasteiger partial charge in [0.05, 0.1) is 21.9 Å². The third-order valence-corrected chi connectivity index (χ3v) is 8.12. The van der Waals surface area contributed by atoms with Gasteiger partial charge in [-0.05, 0) is 69.6 Å². The Morgan fingerprint density at radius 1 is 1.18 bits per heavy atom. The molecule has 4 aliphatic carbocycles. The van der Waals surface area contributed by atoms with Crippen LogP contribution in [0.1, 0.15) is 56.3 Å². The van der Waals surface area contributed by atoms with Crippen molar-refractivity contribution in [2.45, 2.75) is 70.9 Å². The standard InChI is InChI=1S/C22H29N7O5/c1-14-20(29(33)34)15(2)26(25-14)4-3-23-19(30)10-21-6-16-5-17(7-21)9-22(8-16,13-21)27-12-18(11-24-27)28(31)32/h11-12,16-17H,3-10,13H2,1-2H3,(H,23,30). The van der Waals surface area contributed by atoms with E-state index in [0.717, 1.165) is 38.5 Å². The Kier molecular flexibility index (Phi) is 5.21. The maximum atomic E-state index is 13.0. The minimum absolute atomic E-state index is 0.00641. The first-order chi connectivity index (χ1) is 16.1. The molecule has 4 bridgehead atoms. The summed E-state index contributed by atoms with van der Waals surface area (Å²) in [5, 5.41) is 34.0. The molecule has 1 amide bonds. The molecule has 0 radical (unpaired) electrons. The molecule has 0 aliphatic heterocycles. The predicted molar refractivity (Wildman–Crippen MR) is 120 cm³/mol. The second-order valence-corrected chi connectivity index (χ2v) is 10.6. The summed E-state index contributed by atoms with van der Waals surface area (Å²) in [7, 11) is 0. The van der Waals surface area contributed by atoms with Gasteiger partial charge in [0.1, 0.15) is 23.8 Å². The van der Waals surface area contributed by atoms with Gasteiger partial charge in [-0.25, -0.2) is 0 Å². The van der Waals surface area contributed by atoms with E-state index in [-0.39, 0.29) is 28.2 Å². The zero-order chi connectivity index (χ0) is 24.3. The number of carbonyl (C=O) groups is 1. The van der Waals surface area contributed by atoms with Crippen LogP contribution in [0.5, 0.6) is 0 Å². The number of nitrogens with zero attached hydrogens (tertiary/aromatic N) is 6. The van der Waals surface area contributed by atoms with Crippen LogP contribution < -0.4 is 5.32 Å². The van der Waals surface area contributed by atoms with Gasteiger partial charge in [0.2, 0.25) is 5.91 Å². The fourth-order valence-electron chi connectivity index (χ4n) is 7.42. The van der Waals surface area contributed by atoms with Crippen molar-refractivity contribution >= 4 is 17.3 Å². The molecule has 4 aliphatic rings. The van der Waals surface area contributed by atoms with E-state index < -0.39 is 9.85 Å². The molecule has 2 aromatic rings. The molecule has 34 heavy (non-hydrogen) atoms. The number of nitro groups is 2. The van der Waals surface area contributed by atoms with Crippen molar-refractivity contribution in [2.24, 2.45) is 17.3 Å². The maximum absolute atomic E-state index is 13.0. The van der Waals surface area contributed by atoms with Crippen molar-refractivity contribution in [3.8, 4) is 0 Å². The molecule has 12 heteroatoms. The minimum atomic E-state index is -0.427. The summed E-state index contributed by atoms with van der Waals surface area (Å²) in [6.07, 6.45) is 9.19. The molecule has 2 heterocycles. The molecule has 1 N–H and O–H groups in total. The highest BCUT2D eigenvalue weighted by Crippen LogP contribution is 2.65. The monoisotopic (exact) mass is 471 g/mol. The van der Waals surface area contributed by atoms with Crippen molar-refractivity contribution in [2.75, 3.05) is 6.54 Å². The minimum Gasteiger partial charge on any atom is -0.354 e. The Morgan fingerprint density at radius 3 is 2.47 bits per heavy atom. The fraction of sp³-hybridized carbons (Fsp3) is 0.682. The zero-order valence-corrected chi connectivity index (χ0v) is 19.4. The lowest BCUT2D eigenvalue weighted by atomic mass is 9.46. The fourth-order valence-corrected chi connectivity index (χ4v) is 7.42. The van der Waals surface area contributed by atoms with Crippen LogP contribution in [0, 0.1) is 51.3 Å². The third-order valence-electron chi connectivity index (χ3n) is 8.12. The summed E-state index contributed by atoms with van der Waals surface area (Å²) in [5.41, 5.74) is 0.503. The molecule has 182 valence electrons. The van der Waals surface area contributed by atoms with E-state index >= 15 is 0 Å². The molecule has 2 aromatic heterocycles. The maximum Gasteiger partial charge on any atom is 0.312 e. The first-order valence-electron chi connectivity index (χ1n) is 11.7. The highest BCUT2D eigenvalue weighted by atomic mass is 16.6. The number of aromatic nitrogens is 4. The summed E-state index contributed by atoms with van der Waals surface area (Å²) >= 11 is 0. The molecule has 2 atom stereocenters. The highest BCUT2D eigenvalue weighted by Gasteiger charge is 2.59. The summed E-state index contributed by atoms with van der Waals surface area (Å²) in [5.74, 6) is 0.986. The molecule has 12 nitrogen and oxygen atoms in total. The van der Waals surface area contributed by atoms with Gasteiger partial charge < -0.3 is 5.32 Å². The van der Waals surface area contributed by atoms with Crippen LogP contribution in [-0.4, -0.2) is 41.9 Å². The average molecular weight is 472 g/mol. The smallest absolute Gasteiger partial charge is 0.312 e. The van der Waals surface area contributed by atoms with E-state index in [4.69, 9.17) is 0 Å². The Balaban J connectivity index is 1.25. The summed E-state index contributed by atoms with van der Waals surface area (Å²) in [6.45, 7) is 3.98. The molecule has 2 unspecified atom stereocenters. The van der Waals surface area contributed by atoms with Gasteiger partial charge in [-0.2, -0.15) is 10.2 Å². The first-order valence-corrected chi connectivity index (χ1v) is 11.7. The van der Waals surface area contributed by atoms with Crippen LogP contribution in [0.25, 0.3) is 0 Å². The van der Waals surface area contributed by atoms with Gasteiger partial charge in [-0.1, -0.05) is 0 Å². The van der Waals surface area contributed by atoms with Gasteiger partial charge in [0, 0.05) is 13.0 Å². The number of amides is 1. The quantitative estimate of drug-likeness (QED) is 0.459. The van der Waals surface area contributed by atoms with Gasteiger partial charge in [-0.3, -0.25) is 34.4 Å². The van der Waals surface area contributed by atoms with Crippen LogP contribution in [0.2, 0.25) is 0 Å². The molecule has 0 saturated heterocycles. The van der Waals surface area contributed by atoms with Gasteiger partial charge in [0.25, 0.3) is 0 Å². The van der Waals surface area contributed by atoms with Crippen LogP contribution in [0.3, 0.4) is 0 Å². The van der Waals surface area contributed by atoms with E-state index in [9.17, 15) is 25.0 Å². The van der Waals surface area contributed by atoms with E-state index in [1.807, 2.05) is 4.68 Å². The SMILES string of the molecule is Cc1nn(CCNC(=O)CC23CC4CC(C2)CC(n2cc([N+](=O)[O-])cn2)(C4)C3)c(C)c1[N+](=O)[O-]. The number of hydrogen-bond acceptors (Lipinski definition) is 7. The Labute approximate surface area is 196 Å². The van der Waals surface area contributed by atoms with Crippen molar-refractivity contribution in [3.63, 3.8) is 0 Å².